The number of nitriles is 1. The normalized spacial score (nSPS) is 19.6. The van der Waals surface area contributed by atoms with Crippen molar-refractivity contribution in [3.8, 4) is 6.07 Å². The van der Waals surface area contributed by atoms with Gasteiger partial charge in [-0.3, -0.25) is 4.98 Å². The lowest BCUT2D eigenvalue weighted by Crippen LogP contribution is -2.49. The molecule has 0 aliphatic heterocycles. The average molecular weight is 643 g/mol. The summed E-state index contributed by atoms with van der Waals surface area (Å²) in [4.78, 5) is 17.2. The second-order valence-corrected chi connectivity index (χ2v) is 13.8. The first kappa shape index (κ1) is 31.6. The van der Waals surface area contributed by atoms with Gasteiger partial charge in [-0.15, -0.1) is 5.10 Å². The van der Waals surface area contributed by atoms with Gasteiger partial charge in [-0.25, -0.2) is 13.9 Å². The zero-order valence-electron chi connectivity index (χ0n) is 26.4. The molecule has 0 bridgehead atoms. The number of hydrogen-bond donors (Lipinski definition) is 3. The van der Waals surface area contributed by atoms with Crippen molar-refractivity contribution in [2.24, 2.45) is 0 Å². The van der Waals surface area contributed by atoms with Crippen LogP contribution in [0.4, 0.5) is 20.6 Å². The Morgan fingerprint density at radius 1 is 1.13 bits per heavy atom. The van der Waals surface area contributed by atoms with Gasteiger partial charge in [-0.05, 0) is 76.3 Å². The molecule has 46 heavy (non-hydrogen) atoms. The van der Waals surface area contributed by atoms with Crippen molar-refractivity contribution in [3.05, 3.63) is 76.5 Å². The maximum Gasteiger partial charge on any atom is 0.407 e. The highest BCUT2D eigenvalue weighted by Crippen LogP contribution is 2.39. The number of amides is 1. The van der Waals surface area contributed by atoms with E-state index in [2.05, 4.69) is 37.3 Å². The molecule has 13 heteroatoms. The number of nitrogens with one attached hydrogen (secondary N) is 3. The van der Waals surface area contributed by atoms with Gasteiger partial charge in [0.25, 0.3) is 0 Å². The van der Waals surface area contributed by atoms with Gasteiger partial charge in [-0.1, -0.05) is 41.8 Å². The number of hydrogen-bond acceptors (Lipinski definition) is 8. The maximum atomic E-state index is 14.0. The van der Waals surface area contributed by atoms with Crippen LogP contribution in [0.25, 0.3) is 10.9 Å². The summed E-state index contributed by atoms with van der Waals surface area (Å²) in [6.45, 7) is 5.49. The fourth-order valence-corrected chi connectivity index (χ4v) is 6.34. The maximum absolute atomic E-state index is 14.0. The van der Waals surface area contributed by atoms with Crippen LogP contribution in [0.1, 0.15) is 82.2 Å². The molecule has 238 valence electrons. The van der Waals surface area contributed by atoms with Crippen LogP contribution in [0.2, 0.25) is 5.02 Å². The first-order valence-corrected chi connectivity index (χ1v) is 16.1. The SMILES string of the molecule is BC(Nc1cc(Cl)c2ncc(C#N)c(N[C@H]3CCCC[C@H]3NC(=O)OC(C)(C)C)c2c1)(c1ccc(F)cc1)c1cn(C2CC2)nn1. The van der Waals surface area contributed by atoms with Crippen molar-refractivity contribution in [1.82, 2.24) is 25.3 Å². The van der Waals surface area contributed by atoms with Gasteiger partial charge in [0.15, 0.2) is 0 Å². The minimum absolute atomic E-state index is 0.156. The number of pyridine rings is 1. The molecule has 2 saturated carbocycles. The first-order chi connectivity index (χ1) is 21.9. The van der Waals surface area contributed by atoms with Gasteiger partial charge < -0.3 is 20.7 Å². The summed E-state index contributed by atoms with van der Waals surface area (Å²) in [5.74, 6) is -0.338. The van der Waals surface area contributed by atoms with E-state index in [1.165, 1.54) is 18.3 Å². The molecule has 0 saturated heterocycles. The molecule has 3 atom stereocenters. The molecule has 0 spiro atoms. The number of ether oxygens (including phenoxy) is 1. The van der Waals surface area contributed by atoms with Gasteiger partial charge in [0.05, 0.1) is 45.5 Å². The topological polar surface area (TPSA) is 130 Å². The molecule has 6 rings (SSSR count). The van der Waals surface area contributed by atoms with Gasteiger partial charge >= 0.3 is 6.09 Å². The summed E-state index contributed by atoms with van der Waals surface area (Å²) < 4.78 is 21.4. The molecule has 10 nitrogen and oxygen atoms in total. The zero-order valence-corrected chi connectivity index (χ0v) is 27.2. The van der Waals surface area contributed by atoms with Crippen molar-refractivity contribution in [1.29, 1.82) is 5.26 Å². The van der Waals surface area contributed by atoms with E-state index in [0.717, 1.165) is 44.1 Å². The van der Waals surface area contributed by atoms with E-state index >= 15 is 0 Å². The number of fused-ring (bicyclic) bond motifs is 1. The summed E-state index contributed by atoms with van der Waals surface area (Å²) >= 11 is 6.86. The standard InChI is InChI=1S/C33H37BClFN8O2/c1-32(2,3)46-31(45)40-27-7-5-4-6-26(27)39-29-19(16-37)17-38-30-24(29)14-22(15-25(30)35)41-33(34,20-8-10-21(36)11-9-20)28-18-44(43-42-28)23-12-13-23/h8-11,14-15,17-18,23,26-27,41H,4-7,12-13,34H2,1-3H3,(H,38,39)(H,40,45)/t26-,27+,33?/m0/s1. The zero-order chi connectivity index (χ0) is 32.6. The third-order valence-corrected chi connectivity index (χ3v) is 8.89. The highest BCUT2D eigenvalue weighted by Gasteiger charge is 2.35. The lowest BCUT2D eigenvalue weighted by atomic mass is 9.69. The number of aromatic nitrogens is 4. The van der Waals surface area contributed by atoms with Crippen LogP contribution < -0.4 is 16.0 Å². The number of halogens is 2. The van der Waals surface area contributed by atoms with E-state index < -0.39 is 17.1 Å². The molecule has 1 unspecified atom stereocenters. The number of alkyl carbamates (subject to hydrolysis) is 1. The van der Waals surface area contributed by atoms with Crippen LogP contribution in [0, 0.1) is 17.1 Å². The fourth-order valence-electron chi connectivity index (χ4n) is 6.07. The first-order valence-electron chi connectivity index (χ1n) is 15.7. The van der Waals surface area contributed by atoms with E-state index in [1.54, 1.807) is 18.2 Å². The predicted octanol–water partition coefficient (Wildman–Crippen LogP) is 6.02. The fraction of sp³-hybridized carbons (Fsp3) is 0.424. The molecule has 0 radical (unpaired) electrons. The van der Waals surface area contributed by atoms with Crippen molar-refractivity contribution < 1.29 is 13.9 Å². The number of rotatable bonds is 8. The Kier molecular flexibility index (Phi) is 8.55. The van der Waals surface area contributed by atoms with Crippen molar-refractivity contribution in [2.75, 3.05) is 10.6 Å². The molecule has 2 aliphatic carbocycles. The summed E-state index contributed by atoms with van der Waals surface area (Å²) in [5, 5.41) is 30.3. The van der Waals surface area contributed by atoms with E-state index in [4.69, 9.17) is 16.3 Å². The third-order valence-electron chi connectivity index (χ3n) is 8.60. The van der Waals surface area contributed by atoms with Gasteiger partial charge in [-0.2, -0.15) is 5.26 Å². The van der Waals surface area contributed by atoms with E-state index in [1.807, 2.05) is 45.6 Å². The summed E-state index contributed by atoms with van der Waals surface area (Å²) in [6.07, 6.45) is 8.59. The Hall–Kier alpha value is -4.37. The van der Waals surface area contributed by atoms with Crippen LogP contribution >= 0.6 is 11.6 Å². The Labute approximate surface area is 273 Å². The lowest BCUT2D eigenvalue weighted by molar-refractivity contribution is 0.0488. The Balaban J connectivity index is 1.38. The summed E-state index contributed by atoms with van der Waals surface area (Å²) in [6, 6.07) is 12.2. The van der Waals surface area contributed by atoms with Crippen molar-refractivity contribution in [3.63, 3.8) is 0 Å². The van der Waals surface area contributed by atoms with Crippen LogP contribution in [-0.4, -0.2) is 51.6 Å². The van der Waals surface area contributed by atoms with Gasteiger partial charge in [0.1, 0.15) is 31.0 Å². The van der Waals surface area contributed by atoms with Crippen LogP contribution in [0.3, 0.4) is 0 Å². The molecule has 2 aromatic carbocycles. The van der Waals surface area contributed by atoms with E-state index in [0.29, 0.717) is 44.6 Å². The van der Waals surface area contributed by atoms with Gasteiger partial charge in [0.2, 0.25) is 0 Å². The van der Waals surface area contributed by atoms with Crippen molar-refractivity contribution >= 4 is 47.8 Å². The minimum atomic E-state index is -0.905. The second kappa shape index (κ2) is 12.4. The quantitative estimate of drug-likeness (QED) is 0.199. The molecular weight excluding hydrogens is 606 g/mol. The molecule has 2 heterocycles. The second-order valence-electron chi connectivity index (χ2n) is 13.4. The number of nitrogens with zero attached hydrogens (tertiary/aromatic N) is 5. The smallest absolute Gasteiger partial charge is 0.407 e. The van der Waals surface area contributed by atoms with Gasteiger partial charge in [0, 0.05) is 23.3 Å². The monoisotopic (exact) mass is 642 g/mol. The number of benzene rings is 2. The molecule has 3 N–H and O–H groups in total. The molecule has 2 fully saturated rings. The van der Waals surface area contributed by atoms with Crippen LogP contribution in [0.5, 0.6) is 0 Å². The highest BCUT2D eigenvalue weighted by atomic mass is 35.5. The number of carbonyl (C=O) groups is 1. The molecular formula is C33H37BClFN8O2. The summed E-state index contributed by atoms with van der Waals surface area (Å²) in [5.41, 5.74) is 2.06. The van der Waals surface area contributed by atoms with E-state index in [9.17, 15) is 14.4 Å². The van der Waals surface area contributed by atoms with Crippen LogP contribution in [0.15, 0.2) is 48.8 Å². The highest BCUT2D eigenvalue weighted by molar-refractivity contribution is 6.36. The Morgan fingerprint density at radius 2 is 1.85 bits per heavy atom. The molecule has 4 aromatic rings. The predicted molar refractivity (Wildman–Crippen MR) is 178 cm³/mol. The Morgan fingerprint density at radius 3 is 2.52 bits per heavy atom. The lowest BCUT2D eigenvalue weighted by Gasteiger charge is -2.34. The number of carbonyl (C=O) groups excluding carboxylic acids is 1. The van der Waals surface area contributed by atoms with Crippen LogP contribution in [-0.2, 0) is 10.2 Å². The molecule has 2 aromatic heterocycles. The third kappa shape index (κ3) is 6.75. The molecule has 2 aliphatic rings. The Bertz CT molecular complexity index is 1800. The summed E-state index contributed by atoms with van der Waals surface area (Å²) in [7, 11) is 1.97. The number of anilines is 2. The van der Waals surface area contributed by atoms with Crippen molar-refractivity contribution in [2.45, 2.75) is 88.5 Å². The average Bonchev–Trinajstić information content (AvgIpc) is 3.73. The minimum Gasteiger partial charge on any atom is -0.444 e. The largest absolute Gasteiger partial charge is 0.444 e. The molecule has 1 amide bonds. The van der Waals surface area contributed by atoms with E-state index in [-0.39, 0.29) is 17.9 Å².